The van der Waals surface area contributed by atoms with Gasteiger partial charge in [0.2, 0.25) is 0 Å². The molecule has 1 aliphatic rings. The van der Waals surface area contributed by atoms with Crippen molar-refractivity contribution in [3.05, 3.63) is 15.6 Å². The van der Waals surface area contributed by atoms with Crippen LogP contribution in [0.15, 0.2) is 0 Å². The van der Waals surface area contributed by atoms with Gasteiger partial charge in [0.25, 0.3) is 0 Å². The molecule has 2 unspecified atom stereocenters. The number of rotatable bonds is 4. The molecule has 0 aliphatic carbocycles. The third kappa shape index (κ3) is 2.69. The Kier molecular flexibility index (Phi) is 4.17. The van der Waals surface area contributed by atoms with Crippen LogP contribution in [-0.4, -0.2) is 36.1 Å². The molecule has 0 aromatic carbocycles. The fourth-order valence-electron chi connectivity index (χ4n) is 2.91. The Hall–Kier alpha value is -0.450. The minimum absolute atomic E-state index is 0.459. The van der Waals surface area contributed by atoms with Crippen LogP contribution in [0.3, 0.4) is 0 Å². The maximum atomic E-state index is 4.71. The lowest BCUT2D eigenvalue weighted by Crippen LogP contribution is -2.38. The van der Waals surface area contributed by atoms with E-state index in [1.807, 2.05) is 18.4 Å². The van der Waals surface area contributed by atoms with E-state index in [4.69, 9.17) is 4.98 Å². The standard InChI is InChI=1S/C13H23N3S/c1-9(13-10(2)17-11(3)15-13)16-7-5-6-12(16)8-14-4/h9,12,14H,5-8H2,1-4H3. The van der Waals surface area contributed by atoms with Gasteiger partial charge in [-0.25, -0.2) is 4.98 Å². The number of likely N-dealkylation sites (tertiary alicyclic amines) is 1. The van der Waals surface area contributed by atoms with Crippen molar-refractivity contribution in [3.8, 4) is 0 Å². The number of aromatic nitrogens is 1. The average Bonchev–Trinajstić information content (AvgIpc) is 2.85. The van der Waals surface area contributed by atoms with Gasteiger partial charge in [-0.15, -0.1) is 11.3 Å². The summed E-state index contributed by atoms with van der Waals surface area (Å²) in [6.45, 7) is 8.90. The van der Waals surface area contributed by atoms with Crippen molar-refractivity contribution >= 4 is 11.3 Å². The van der Waals surface area contributed by atoms with Gasteiger partial charge in [0, 0.05) is 17.5 Å². The topological polar surface area (TPSA) is 28.2 Å². The molecule has 0 spiro atoms. The molecule has 1 aliphatic heterocycles. The van der Waals surface area contributed by atoms with Crippen molar-refractivity contribution in [2.45, 2.75) is 45.7 Å². The van der Waals surface area contributed by atoms with Gasteiger partial charge in [0.05, 0.1) is 16.7 Å². The van der Waals surface area contributed by atoms with Crippen LogP contribution in [0.5, 0.6) is 0 Å². The molecule has 4 heteroatoms. The van der Waals surface area contributed by atoms with E-state index in [0.717, 1.165) is 6.54 Å². The van der Waals surface area contributed by atoms with E-state index in [2.05, 4.69) is 31.0 Å². The highest BCUT2D eigenvalue weighted by Gasteiger charge is 2.30. The molecular formula is C13H23N3S. The first kappa shape index (κ1) is 13.0. The summed E-state index contributed by atoms with van der Waals surface area (Å²) in [5.74, 6) is 0. The lowest BCUT2D eigenvalue weighted by atomic mass is 10.1. The molecule has 0 radical (unpaired) electrons. The molecule has 1 fully saturated rings. The Labute approximate surface area is 108 Å². The molecule has 17 heavy (non-hydrogen) atoms. The fraction of sp³-hybridized carbons (Fsp3) is 0.769. The van der Waals surface area contributed by atoms with E-state index in [0.29, 0.717) is 12.1 Å². The summed E-state index contributed by atoms with van der Waals surface area (Å²) in [7, 11) is 2.04. The molecule has 1 aromatic rings. The Morgan fingerprint density at radius 1 is 1.53 bits per heavy atom. The SMILES string of the molecule is CNCC1CCCN1C(C)c1nc(C)sc1C. The van der Waals surface area contributed by atoms with Crippen LogP contribution in [-0.2, 0) is 0 Å². The van der Waals surface area contributed by atoms with Crippen molar-refractivity contribution in [2.75, 3.05) is 20.1 Å². The van der Waals surface area contributed by atoms with Crippen molar-refractivity contribution in [2.24, 2.45) is 0 Å². The lowest BCUT2D eigenvalue weighted by molar-refractivity contribution is 0.188. The van der Waals surface area contributed by atoms with E-state index in [-0.39, 0.29) is 0 Å². The van der Waals surface area contributed by atoms with E-state index >= 15 is 0 Å². The van der Waals surface area contributed by atoms with Gasteiger partial charge >= 0.3 is 0 Å². The zero-order valence-electron chi connectivity index (χ0n) is 11.3. The first-order valence-corrected chi connectivity index (χ1v) is 7.29. The van der Waals surface area contributed by atoms with E-state index in [1.165, 1.54) is 35.0 Å². The average molecular weight is 253 g/mol. The van der Waals surface area contributed by atoms with Gasteiger partial charge < -0.3 is 5.32 Å². The normalized spacial score (nSPS) is 23.2. The molecule has 0 saturated carbocycles. The smallest absolute Gasteiger partial charge is 0.0900 e. The Morgan fingerprint density at radius 2 is 2.29 bits per heavy atom. The molecule has 96 valence electrons. The summed E-state index contributed by atoms with van der Waals surface area (Å²) >= 11 is 1.82. The largest absolute Gasteiger partial charge is 0.318 e. The van der Waals surface area contributed by atoms with Crippen LogP contribution in [0.2, 0.25) is 0 Å². The zero-order chi connectivity index (χ0) is 12.4. The van der Waals surface area contributed by atoms with E-state index in [9.17, 15) is 0 Å². The molecule has 2 rings (SSSR count). The number of hydrogen-bond acceptors (Lipinski definition) is 4. The number of thiazole rings is 1. The summed E-state index contributed by atoms with van der Waals surface area (Å²) in [4.78, 5) is 8.69. The number of nitrogens with one attached hydrogen (secondary N) is 1. The second-order valence-electron chi connectivity index (χ2n) is 4.94. The predicted molar refractivity (Wildman–Crippen MR) is 73.7 cm³/mol. The van der Waals surface area contributed by atoms with Gasteiger partial charge in [-0.1, -0.05) is 0 Å². The van der Waals surface area contributed by atoms with Crippen LogP contribution < -0.4 is 5.32 Å². The van der Waals surface area contributed by atoms with Crippen LogP contribution in [0, 0.1) is 13.8 Å². The molecular weight excluding hydrogens is 230 g/mol. The van der Waals surface area contributed by atoms with Crippen molar-refractivity contribution in [1.29, 1.82) is 0 Å². The monoisotopic (exact) mass is 253 g/mol. The number of likely N-dealkylation sites (N-methyl/N-ethyl adjacent to an activating group) is 1. The molecule has 0 bridgehead atoms. The first-order chi connectivity index (χ1) is 8.13. The highest BCUT2D eigenvalue weighted by Crippen LogP contribution is 2.31. The molecule has 0 amide bonds. The van der Waals surface area contributed by atoms with Crippen LogP contribution in [0.1, 0.15) is 41.4 Å². The Balaban J connectivity index is 2.13. The quantitative estimate of drug-likeness (QED) is 0.893. The lowest BCUT2D eigenvalue weighted by Gasteiger charge is -2.30. The highest BCUT2D eigenvalue weighted by molar-refractivity contribution is 7.11. The van der Waals surface area contributed by atoms with Crippen molar-refractivity contribution in [3.63, 3.8) is 0 Å². The minimum atomic E-state index is 0.459. The highest BCUT2D eigenvalue weighted by atomic mass is 32.1. The van der Waals surface area contributed by atoms with Gasteiger partial charge in [-0.2, -0.15) is 0 Å². The molecule has 1 saturated heterocycles. The predicted octanol–water partition coefficient (Wildman–Crippen LogP) is 2.50. The Morgan fingerprint density at radius 3 is 2.88 bits per heavy atom. The molecule has 1 aromatic heterocycles. The number of aryl methyl sites for hydroxylation is 2. The maximum absolute atomic E-state index is 4.71. The van der Waals surface area contributed by atoms with Gasteiger partial charge in [0.1, 0.15) is 0 Å². The molecule has 2 atom stereocenters. The van der Waals surface area contributed by atoms with Crippen LogP contribution in [0.4, 0.5) is 0 Å². The van der Waals surface area contributed by atoms with Crippen molar-refractivity contribution < 1.29 is 0 Å². The summed E-state index contributed by atoms with van der Waals surface area (Å²) in [6, 6.07) is 1.14. The second-order valence-corrected chi connectivity index (χ2v) is 6.35. The summed E-state index contributed by atoms with van der Waals surface area (Å²) in [5, 5.41) is 4.49. The number of hydrogen-bond donors (Lipinski definition) is 1. The zero-order valence-corrected chi connectivity index (χ0v) is 12.1. The maximum Gasteiger partial charge on any atom is 0.0900 e. The fourth-order valence-corrected chi connectivity index (χ4v) is 3.82. The summed E-state index contributed by atoms with van der Waals surface area (Å²) in [5.41, 5.74) is 1.29. The minimum Gasteiger partial charge on any atom is -0.318 e. The van der Waals surface area contributed by atoms with Crippen molar-refractivity contribution in [1.82, 2.24) is 15.2 Å². The van der Waals surface area contributed by atoms with E-state index in [1.54, 1.807) is 0 Å². The number of nitrogens with zero attached hydrogens (tertiary/aromatic N) is 2. The third-order valence-corrected chi connectivity index (χ3v) is 4.60. The molecule has 2 heterocycles. The Bertz CT molecular complexity index is 375. The third-order valence-electron chi connectivity index (χ3n) is 3.70. The van der Waals surface area contributed by atoms with Gasteiger partial charge in [-0.05, 0) is 47.2 Å². The second kappa shape index (κ2) is 5.46. The van der Waals surface area contributed by atoms with Gasteiger partial charge in [-0.3, -0.25) is 4.90 Å². The summed E-state index contributed by atoms with van der Waals surface area (Å²) < 4.78 is 0. The van der Waals surface area contributed by atoms with Gasteiger partial charge in [0.15, 0.2) is 0 Å². The van der Waals surface area contributed by atoms with E-state index < -0.39 is 0 Å². The van der Waals surface area contributed by atoms with Crippen LogP contribution in [0.25, 0.3) is 0 Å². The molecule has 3 nitrogen and oxygen atoms in total. The first-order valence-electron chi connectivity index (χ1n) is 6.47. The summed E-state index contributed by atoms with van der Waals surface area (Å²) in [6.07, 6.45) is 2.63. The molecule has 1 N–H and O–H groups in total. The van der Waals surface area contributed by atoms with Crippen LogP contribution >= 0.6 is 11.3 Å².